The molecular weight excluding hydrogens is 288 g/mol. The maximum absolute atomic E-state index is 5.09. The van der Waals surface area contributed by atoms with Gasteiger partial charge in [0.2, 0.25) is 0 Å². The first-order chi connectivity index (χ1) is 10.4. The third kappa shape index (κ3) is 3.17. The molecule has 0 amide bonds. The Kier molecular flexibility index (Phi) is 4.37. The van der Waals surface area contributed by atoms with Crippen LogP contribution in [0.4, 0.5) is 0 Å². The summed E-state index contributed by atoms with van der Waals surface area (Å²) in [5.41, 5.74) is 1.05. The summed E-state index contributed by atoms with van der Waals surface area (Å²) in [7, 11) is 1.69. The number of imidazole rings is 1. The fourth-order valence-corrected chi connectivity index (χ4v) is 2.65. The molecule has 0 atom stereocenters. The monoisotopic (exact) mass is 304 g/mol. The Hall–Kier alpha value is -2.06. The molecule has 8 heteroatoms. The molecule has 0 radical (unpaired) electrons. The zero-order chi connectivity index (χ0) is 14.5. The molecule has 0 aliphatic rings. The molecule has 0 bridgehead atoms. The Labute approximate surface area is 126 Å². The average molecular weight is 304 g/mol. The van der Waals surface area contributed by atoms with E-state index in [1.54, 1.807) is 13.4 Å². The SMILES string of the molecule is COCCn1cnnc1CCn1ccnc1-c1cnsc1. The fraction of sp³-hybridized carbons (Fsp3) is 0.385. The highest BCUT2D eigenvalue weighted by Crippen LogP contribution is 2.18. The highest BCUT2D eigenvalue weighted by Gasteiger charge is 2.09. The standard InChI is InChI=1S/C13H16N6OS/c1-20-7-6-19-10-15-17-12(19)2-4-18-5-3-14-13(18)11-8-16-21-9-11/h3,5,8-10H,2,4,6-7H2,1H3. The van der Waals surface area contributed by atoms with Crippen molar-refractivity contribution in [1.29, 1.82) is 0 Å². The van der Waals surface area contributed by atoms with Gasteiger partial charge in [-0.1, -0.05) is 0 Å². The van der Waals surface area contributed by atoms with Gasteiger partial charge in [0, 0.05) is 50.0 Å². The van der Waals surface area contributed by atoms with E-state index in [1.165, 1.54) is 11.5 Å². The van der Waals surface area contributed by atoms with E-state index in [-0.39, 0.29) is 0 Å². The van der Waals surface area contributed by atoms with Crippen molar-refractivity contribution in [2.75, 3.05) is 13.7 Å². The van der Waals surface area contributed by atoms with E-state index in [9.17, 15) is 0 Å². The molecule has 0 spiro atoms. The van der Waals surface area contributed by atoms with Gasteiger partial charge in [-0.15, -0.1) is 10.2 Å². The van der Waals surface area contributed by atoms with Crippen LogP contribution in [0, 0.1) is 0 Å². The maximum Gasteiger partial charge on any atom is 0.142 e. The average Bonchev–Trinajstić information content (AvgIpc) is 3.22. The number of hydrogen-bond donors (Lipinski definition) is 0. The van der Waals surface area contributed by atoms with Crippen molar-refractivity contribution in [1.82, 2.24) is 28.7 Å². The summed E-state index contributed by atoms with van der Waals surface area (Å²) in [6.07, 6.45) is 8.16. The summed E-state index contributed by atoms with van der Waals surface area (Å²) in [6, 6.07) is 0. The smallest absolute Gasteiger partial charge is 0.142 e. The van der Waals surface area contributed by atoms with Crippen molar-refractivity contribution >= 4 is 11.5 Å². The topological polar surface area (TPSA) is 70.7 Å². The van der Waals surface area contributed by atoms with Gasteiger partial charge in [-0.05, 0) is 11.5 Å². The van der Waals surface area contributed by atoms with Crippen molar-refractivity contribution < 1.29 is 4.74 Å². The zero-order valence-corrected chi connectivity index (χ0v) is 12.5. The molecule has 0 saturated heterocycles. The van der Waals surface area contributed by atoms with E-state index in [0.717, 1.165) is 36.7 Å². The van der Waals surface area contributed by atoms with Crippen LogP contribution >= 0.6 is 11.5 Å². The van der Waals surface area contributed by atoms with Crippen molar-refractivity contribution in [2.24, 2.45) is 0 Å². The number of aromatic nitrogens is 6. The summed E-state index contributed by atoms with van der Waals surface area (Å²) in [4.78, 5) is 4.40. The molecule has 0 saturated carbocycles. The van der Waals surface area contributed by atoms with E-state index in [4.69, 9.17) is 4.74 Å². The first-order valence-electron chi connectivity index (χ1n) is 6.65. The lowest BCUT2D eigenvalue weighted by Crippen LogP contribution is -2.10. The lowest BCUT2D eigenvalue weighted by molar-refractivity contribution is 0.186. The quantitative estimate of drug-likeness (QED) is 0.661. The van der Waals surface area contributed by atoms with E-state index in [2.05, 4.69) is 24.1 Å². The molecular formula is C13H16N6OS. The summed E-state index contributed by atoms with van der Waals surface area (Å²) in [5, 5.41) is 10.1. The van der Waals surface area contributed by atoms with Gasteiger partial charge in [-0.3, -0.25) is 0 Å². The Bertz CT molecular complexity index is 674. The van der Waals surface area contributed by atoms with Gasteiger partial charge in [-0.2, -0.15) is 0 Å². The van der Waals surface area contributed by atoms with E-state index in [1.807, 2.05) is 28.5 Å². The van der Waals surface area contributed by atoms with Crippen LogP contribution in [-0.2, 0) is 24.2 Å². The second kappa shape index (κ2) is 6.59. The minimum absolute atomic E-state index is 0.655. The van der Waals surface area contributed by atoms with Crippen LogP contribution in [-0.4, -0.2) is 42.4 Å². The molecule has 21 heavy (non-hydrogen) atoms. The Morgan fingerprint density at radius 1 is 1.29 bits per heavy atom. The molecule has 3 aromatic rings. The highest BCUT2D eigenvalue weighted by atomic mass is 32.1. The number of rotatable bonds is 7. The minimum Gasteiger partial charge on any atom is -0.383 e. The van der Waals surface area contributed by atoms with Gasteiger partial charge in [0.15, 0.2) is 0 Å². The zero-order valence-electron chi connectivity index (χ0n) is 11.7. The van der Waals surface area contributed by atoms with Crippen LogP contribution < -0.4 is 0 Å². The van der Waals surface area contributed by atoms with Crippen molar-refractivity contribution in [3.63, 3.8) is 0 Å². The van der Waals surface area contributed by atoms with Gasteiger partial charge in [0.25, 0.3) is 0 Å². The van der Waals surface area contributed by atoms with Crippen molar-refractivity contribution in [3.8, 4) is 11.4 Å². The summed E-state index contributed by atoms with van der Waals surface area (Å²) < 4.78 is 13.3. The Morgan fingerprint density at radius 3 is 3.05 bits per heavy atom. The van der Waals surface area contributed by atoms with Crippen LogP contribution in [0.15, 0.2) is 30.3 Å². The largest absolute Gasteiger partial charge is 0.383 e. The summed E-state index contributed by atoms with van der Waals surface area (Å²) in [6.45, 7) is 2.23. The lowest BCUT2D eigenvalue weighted by atomic mass is 10.3. The van der Waals surface area contributed by atoms with Crippen LogP contribution in [0.25, 0.3) is 11.4 Å². The molecule has 3 aromatic heterocycles. The van der Waals surface area contributed by atoms with Gasteiger partial charge in [-0.25, -0.2) is 9.36 Å². The van der Waals surface area contributed by atoms with Crippen LogP contribution in [0.1, 0.15) is 5.82 Å². The van der Waals surface area contributed by atoms with Crippen LogP contribution in [0.2, 0.25) is 0 Å². The maximum atomic E-state index is 5.09. The van der Waals surface area contributed by atoms with Crippen molar-refractivity contribution in [3.05, 3.63) is 36.1 Å². The lowest BCUT2D eigenvalue weighted by Gasteiger charge is -2.08. The van der Waals surface area contributed by atoms with Gasteiger partial charge >= 0.3 is 0 Å². The molecule has 110 valence electrons. The number of aryl methyl sites for hydroxylation is 2. The number of methoxy groups -OCH3 is 1. The molecule has 0 unspecified atom stereocenters. The molecule has 7 nitrogen and oxygen atoms in total. The van der Waals surface area contributed by atoms with Crippen molar-refractivity contribution in [2.45, 2.75) is 19.5 Å². The predicted molar refractivity (Wildman–Crippen MR) is 78.9 cm³/mol. The summed E-state index contributed by atoms with van der Waals surface area (Å²) >= 11 is 1.43. The Balaban J connectivity index is 1.69. The second-order valence-corrected chi connectivity index (χ2v) is 5.20. The molecule has 0 aromatic carbocycles. The third-order valence-electron chi connectivity index (χ3n) is 3.21. The van der Waals surface area contributed by atoms with Gasteiger partial charge in [0.1, 0.15) is 18.0 Å². The van der Waals surface area contributed by atoms with E-state index < -0.39 is 0 Å². The minimum atomic E-state index is 0.655. The highest BCUT2D eigenvalue weighted by molar-refractivity contribution is 7.03. The normalized spacial score (nSPS) is 11.1. The van der Waals surface area contributed by atoms with E-state index >= 15 is 0 Å². The predicted octanol–water partition coefficient (Wildman–Crippen LogP) is 1.49. The third-order valence-corrected chi connectivity index (χ3v) is 3.80. The van der Waals surface area contributed by atoms with E-state index in [0.29, 0.717) is 6.61 Å². The number of nitrogens with zero attached hydrogens (tertiary/aromatic N) is 6. The van der Waals surface area contributed by atoms with Crippen LogP contribution in [0.3, 0.4) is 0 Å². The molecule has 0 aliphatic carbocycles. The summed E-state index contributed by atoms with van der Waals surface area (Å²) in [5.74, 6) is 1.89. The first kappa shape index (κ1) is 13.9. The van der Waals surface area contributed by atoms with Gasteiger partial charge in [0.05, 0.1) is 12.8 Å². The Morgan fingerprint density at radius 2 is 2.24 bits per heavy atom. The molecule has 3 rings (SSSR count). The number of ether oxygens (including phenoxy) is 1. The molecule has 3 heterocycles. The number of hydrogen-bond acceptors (Lipinski definition) is 6. The van der Waals surface area contributed by atoms with Crippen LogP contribution in [0.5, 0.6) is 0 Å². The molecule has 0 N–H and O–H groups in total. The first-order valence-corrected chi connectivity index (χ1v) is 7.48. The van der Waals surface area contributed by atoms with Gasteiger partial charge < -0.3 is 13.9 Å². The molecule has 0 fully saturated rings. The second-order valence-electron chi connectivity index (χ2n) is 4.54. The molecule has 0 aliphatic heterocycles. The fourth-order valence-electron chi connectivity index (χ4n) is 2.13.